The van der Waals surface area contributed by atoms with Crippen molar-refractivity contribution in [2.45, 2.75) is 38.1 Å². The Morgan fingerprint density at radius 2 is 2.00 bits per heavy atom. The highest BCUT2D eigenvalue weighted by Gasteiger charge is 2.21. The highest BCUT2D eigenvalue weighted by atomic mass is 16.1. The van der Waals surface area contributed by atoms with E-state index in [-0.39, 0.29) is 5.91 Å². The van der Waals surface area contributed by atoms with Crippen LogP contribution in [0.2, 0.25) is 0 Å². The maximum Gasteiger partial charge on any atom is 0.221 e. The van der Waals surface area contributed by atoms with Crippen molar-refractivity contribution in [3.05, 3.63) is 29.8 Å². The maximum atomic E-state index is 12.0. The number of piperidine rings is 1. The fraction of sp³-hybridized carbons (Fsp3) is 0.611. The molecule has 1 heterocycles. The van der Waals surface area contributed by atoms with Gasteiger partial charge in [-0.1, -0.05) is 18.6 Å². The van der Waals surface area contributed by atoms with Crippen molar-refractivity contribution in [1.82, 2.24) is 10.2 Å². The van der Waals surface area contributed by atoms with Gasteiger partial charge in [-0.3, -0.25) is 4.79 Å². The summed E-state index contributed by atoms with van der Waals surface area (Å²) in [5.74, 6) is 0.184. The van der Waals surface area contributed by atoms with Gasteiger partial charge < -0.3 is 15.1 Å². The SMILES string of the molecule is CN(C)c1ccc(CCNC(=O)C[C@@H]2CCCCN2C)cc1. The predicted molar refractivity (Wildman–Crippen MR) is 92.4 cm³/mol. The van der Waals surface area contributed by atoms with Crippen LogP contribution in [0.5, 0.6) is 0 Å². The zero-order valence-corrected chi connectivity index (χ0v) is 14.1. The van der Waals surface area contributed by atoms with E-state index < -0.39 is 0 Å². The quantitative estimate of drug-likeness (QED) is 0.876. The van der Waals surface area contributed by atoms with Crippen molar-refractivity contribution in [2.75, 3.05) is 39.1 Å². The Morgan fingerprint density at radius 3 is 2.64 bits per heavy atom. The van der Waals surface area contributed by atoms with Gasteiger partial charge in [0.2, 0.25) is 5.91 Å². The molecule has 0 saturated carbocycles. The minimum Gasteiger partial charge on any atom is -0.378 e. The third-order valence-electron chi connectivity index (χ3n) is 4.53. The van der Waals surface area contributed by atoms with Gasteiger partial charge >= 0.3 is 0 Å². The molecule has 1 aliphatic rings. The van der Waals surface area contributed by atoms with Crippen LogP contribution >= 0.6 is 0 Å². The first kappa shape index (κ1) is 16.8. The summed E-state index contributed by atoms with van der Waals surface area (Å²) in [6.45, 7) is 1.84. The Hall–Kier alpha value is -1.55. The highest BCUT2D eigenvalue weighted by Crippen LogP contribution is 2.17. The van der Waals surface area contributed by atoms with Gasteiger partial charge in [0.25, 0.3) is 0 Å². The Kier molecular flexibility index (Phi) is 6.25. The molecule has 122 valence electrons. The Labute approximate surface area is 134 Å². The number of anilines is 1. The van der Waals surface area contributed by atoms with Crippen molar-refractivity contribution in [3.8, 4) is 0 Å². The van der Waals surface area contributed by atoms with E-state index in [1.165, 1.54) is 24.1 Å². The number of likely N-dealkylation sites (tertiary alicyclic amines) is 1. The molecule has 1 aliphatic heterocycles. The second kappa shape index (κ2) is 8.18. The smallest absolute Gasteiger partial charge is 0.221 e. The van der Waals surface area contributed by atoms with Gasteiger partial charge in [0.05, 0.1) is 0 Å². The number of hydrogen-bond acceptors (Lipinski definition) is 3. The predicted octanol–water partition coefficient (Wildman–Crippen LogP) is 2.29. The number of hydrogen-bond donors (Lipinski definition) is 1. The minimum atomic E-state index is 0.184. The molecule has 0 unspecified atom stereocenters. The molecule has 0 aliphatic carbocycles. The van der Waals surface area contributed by atoms with Crippen LogP contribution in [0.1, 0.15) is 31.2 Å². The molecule has 1 aromatic carbocycles. The number of benzene rings is 1. The molecule has 1 N–H and O–H groups in total. The van der Waals surface area contributed by atoms with E-state index in [4.69, 9.17) is 0 Å². The highest BCUT2D eigenvalue weighted by molar-refractivity contribution is 5.76. The van der Waals surface area contributed by atoms with E-state index in [1.807, 2.05) is 14.1 Å². The zero-order chi connectivity index (χ0) is 15.9. The molecule has 0 radical (unpaired) electrons. The van der Waals surface area contributed by atoms with Crippen molar-refractivity contribution in [2.24, 2.45) is 0 Å². The van der Waals surface area contributed by atoms with E-state index >= 15 is 0 Å². The van der Waals surface area contributed by atoms with Gasteiger partial charge in [0.15, 0.2) is 0 Å². The monoisotopic (exact) mass is 303 g/mol. The molecular formula is C18H29N3O. The fourth-order valence-electron chi connectivity index (χ4n) is 3.00. The maximum absolute atomic E-state index is 12.0. The molecule has 2 rings (SSSR count). The fourth-order valence-corrected chi connectivity index (χ4v) is 3.00. The normalized spacial score (nSPS) is 19.0. The van der Waals surface area contributed by atoms with Crippen LogP contribution in [-0.2, 0) is 11.2 Å². The summed E-state index contributed by atoms with van der Waals surface area (Å²) in [6.07, 6.45) is 5.18. The summed E-state index contributed by atoms with van der Waals surface area (Å²) in [7, 11) is 6.21. The molecule has 1 fully saturated rings. The lowest BCUT2D eigenvalue weighted by Crippen LogP contribution is -2.40. The molecule has 1 aromatic rings. The van der Waals surface area contributed by atoms with Crippen LogP contribution in [0.25, 0.3) is 0 Å². The first-order valence-corrected chi connectivity index (χ1v) is 8.29. The summed E-state index contributed by atoms with van der Waals surface area (Å²) in [6, 6.07) is 8.93. The van der Waals surface area contributed by atoms with Crippen LogP contribution in [-0.4, -0.2) is 51.1 Å². The third-order valence-corrected chi connectivity index (χ3v) is 4.53. The summed E-state index contributed by atoms with van der Waals surface area (Å²) in [4.78, 5) is 16.5. The average molecular weight is 303 g/mol. The van der Waals surface area contributed by atoms with Gasteiger partial charge in [-0.2, -0.15) is 0 Å². The van der Waals surface area contributed by atoms with Gasteiger partial charge in [-0.15, -0.1) is 0 Å². The van der Waals surface area contributed by atoms with E-state index in [0.29, 0.717) is 12.5 Å². The Morgan fingerprint density at radius 1 is 1.27 bits per heavy atom. The third kappa shape index (κ3) is 5.02. The second-order valence-corrected chi connectivity index (χ2v) is 6.50. The molecular weight excluding hydrogens is 274 g/mol. The van der Waals surface area contributed by atoms with Crippen molar-refractivity contribution in [1.29, 1.82) is 0 Å². The number of nitrogens with one attached hydrogen (secondary N) is 1. The molecule has 1 amide bonds. The number of carbonyl (C=O) groups is 1. The molecule has 22 heavy (non-hydrogen) atoms. The van der Waals surface area contributed by atoms with Crippen LogP contribution in [0.3, 0.4) is 0 Å². The van der Waals surface area contributed by atoms with Crippen molar-refractivity contribution >= 4 is 11.6 Å². The molecule has 0 aromatic heterocycles. The Balaban J connectivity index is 1.70. The molecule has 4 nitrogen and oxygen atoms in total. The number of amides is 1. The molecule has 1 atom stereocenters. The van der Waals surface area contributed by atoms with Crippen molar-refractivity contribution in [3.63, 3.8) is 0 Å². The number of rotatable bonds is 6. The molecule has 0 spiro atoms. The van der Waals surface area contributed by atoms with E-state index in [9.17, 15) is 4.79 Å². The van der Waals surface area contributed by atoms with Crippen LogP contribution in [0, 0.1) is 0 Å². The van der Waals surface area contributed by atoms with Crippen LogP contribution in [0.4, 0.5) is 5.69 Å². The lowest BCUT2D eigenvalue weighted by atomic mass is 10.00. The molecule has 0 bridgehead atoms. The van der Waals surface area contributed by atoms with Gasteiger partial charge in [-0.05, 0) is 50.6 Å². The summed E-state index contributed by atoms with van der Waals surface area (Å²) in [5.41, 5.74) is 2.47. The van der Waals surface area contributed by atoms with Gasteiger partial charge in [0, 0.05) is 38.8 Å². The number of nitrogens with zero attached hydrogens (tertiary/aromatic N) is 2. The second-order valence-electron chi connectivity index (χ2n) is 6.50. The number of carbonyl (C=O) groups excluding carboxylic acids is 1. The summed E-state index contributed by atoms with van der Waals surface area (Å²) in [5, 5.41) is 3.06. The largest absolute Gasteiger partial charge is 0.378 e. The minimum absolute atomic E-state index is 0.184. The first-order valence-electron chi connectivity index (χ1n) is 8.29. The van der Waals surface area contributed by atoms with E-state index in [2.05, 4.69) is 46.4 Å². The van der Waals surface area contributed by atoms with E-state index in [1.54, 1.807) is 0 Å². The van der Waals surface area contributed by atoms with Gasteiger partial charge in [0.1, 0.15) is 0 Å². The van der Waals surface area contributed by atoms with Gasteiger partial charge in [-0.25, -0.2) is 0 Å². The standard InChI is InChI=1S/C18H29N3O/c1-20(2)16-9-7-15(8-10-16)11-12-19-18(22)14-17-6-4-5-13-21(17)3/h7-10,17H,4-6,11-14H2,1-3H3,(H,19,22)/t17-/m0/s1. The van der Waals surface area contributed by atoms with E-state index in [0.717, 1.165) is 25.9 Å². The topological polar surface area (TPSA) is 35.6 Å². The molecule has 1 saturated heterocycles. The van der Waals surface area contributed by atoms with Crippen LogP contribution in [0.15, 0.2) is 24.3 Å². The summed E-state index contributed by atoms with van der Waals surface area (Å²) < 4.78 is 0. The average Bonchev–Trinajstić information content (AvgIpc) is 2.50. The first-order chi connectivity index (χ1) is 10.6. The van der Waals surface area contributed by atoms with Crippen LogP contribution < -0.4 is 10.2 Å². The van der Waals surface area contributed by atoms with Crippen molar-refractivity contribution < 1.29 is 4.79 Å². The zero-order valence-electron chi connectivity index (χ0n) is 14.1. The lowest BCUT2D eigenvalue weighted by Gasteiger charge is -2.31. The summed E-state index contributed by atoms with van der Waals surface area (Å²) >= 11 is 0. The lowest BCUT2D eigenvalue weighted by molar-refractivity contribution is -0.122. The molecule has 4 heteroatoms. The Bertz CT molecular complexity index is 470.